The quantitative estimate of drug-likeness (QED) is 0.376. The van der Waals surface area contributed by atoms with Gasteiger partial charge in [0.1, 0.15) is 6.54 Å². The predicted octanol–water partition coefficient (Wildman–Crippen LogP) is 4.18. The zero-order chi connectivity index (χ0) is 27.0. The minimum atomic E-state index is -4.08. The molecule has 198 valence electrons. The lowest BCUT2D eigenvalue weighted by molar-refractivity contribution is -0.120. The summed E-state index contributed by atoms with van der Waals surface area (Å²) in [5.74, 6) is 1.40. The summed E-state index contributed by atoms with van der Waals surface area (Å²) in [5, 5.41) is 2.95. The number of carbonyl (C=O) groups is 1. The van der Waals surface area contributed by atoms with Crippen LogP contribution in [0.5, 0.6) is 23.0 Å². The van der Waals surface area contributed by atoms with Gasteiger partial charge in [0.2, 0.25) is 5.91 Å². The number of nitrogens with one attached hydrogen (secondary N) is 1. The first kappa shape index (κ1) is 27.7. The first-order valence-corrected chi connectivity index (χ1v) is 13.0. The molecule has 1 amide bonds. The minimum Gasteiger partial charge on any atom is -0.493 e. The number of hydrogen-bond donors (Lipinski definition) is 1. The van der Waals surface area contributed by atoms with Crippen molar-refractivity contribution in [3.8, 4) is 23.0 Å². The second-order valence-electron chi connectivity index (χ2n) is 8.01. The van der Waals surface area contributed by atoms with Crippen LogP contribution in [0, 0.1) is 0 Å². The summed E-state index contributed by atoms with van der Waals surface area (Å²) in [5.41, 5.74) is 1.06. The van der Waals surface area contributed by atoms with Crippen LogP contribution in [0.3, 0.4) is 0 Å². The van der Waals surface area contributed by atoms with E-state index < -0.39 is 22.5 Å². The van der Waals surface area contributed by atoms with Crippen molar-refractivity contribution in [3.63, 3.8) is 0 Å². The lowest BCUT2D eigenvalue weighted by Gasteiger charge is -2.26. The molecule has 3 rings (SSSR count). The molecule has 0 fully saturated rings. The van der Waals surface area contributed by atoms with Gasteiger partial charge in [-0.25, -0.2) is 8.42 Å². The van der Waals surface area contributed by atoms with Crippen molar-refractivity contribution in [3.05, 3.63) is 72.3 Å². The van der Waals surface area contributed by atoms with Crippen molar-refractivity contribution in [2.75, 3.05) is 39.3 Å². The maximum absolute atomic E-state index is 13.6. The maximum atomic E-state index is 13.6. The van der Waals surface area contributed by atoms with Gasteiger partial charge in [0.05, 0.1) is 45.1 Å². The van der Waals surface area contributed by atoms with E-state index in [1.807, 2.05) is 13.0 Å². The summed E-state index contributed by atoms with van der Waals surface area (Å²) in [4.78, 5) is 13.3. The maximum Gasteiger partial charge on any atom is 0.264 e. The highest BCUT2D eigenvalue weighted by molar-refractivity contribution is 7.92. The molecule has 0 aliphatic carbocycles. The summed E-state index contributed by atoms with van der Waals surface area (Å²) in [6.45, 7) is 1.48. The molecule has 1 N–H and O–H groups in total. The highest BCUT2D eigenvalue weighted by Crippen LogP contribution is 2.34. The smallest absolute Gasteiger partial charge is 0.264 e. The van der Waals surface area contributed by atoms with Gasteiger partial charge >= 0.3 is 0 Å². The van der Waals surface area contributed by atoms with Crippen molar-refractivity contribution in [1.29, 1.82) is 0 Å². The second kappa shape index (κ2) is 12.4. The molecule has 0 aliphatic heterocycles. The standard InChI is InChI=1S/C27H32N2O7S/c1-6-22(19-12-14-23(33-2)25(16-19)35-4)28-27(30)18-29(37(31,32)21-10-8-7-9-11-21)20-13-15-24(34-3)26(17-20)36-5/h7-17,22H,6,18H2,1-5H3,(H,28,30). The lowest BCUT2D eigenvalue weighted by Crippen LogP contribution is -2.42. The van der Waals surface area contributed by atoms with E-state index in [0.29, 0.717) is 29.4 Å². The number of amides is 1. The van der Waals surface area contributed by atoms with Gasteiger partial charge in [0.25, 0.3) is 10.0 Å². The summed E-state index contributed by atoms with van der Waals surface area (Å²) < 4.78 is 49.7. The van der Waals surface area contributed by atoms with Crippen molar-refractivity contribution >= 4 is 21.6 Å². The molecule has 0 saturated carbocycles. The Hall–Kier alpha value is -3.92. The van der Waals surface area contributed by atoms with E-state index in [0.717, 1.165) is 9.87 Å². The van der Waals surface area contributed by atoms with Gasteiger partial charge in [-0.1, -0.05) is 31.2 Å². The monoisotopic (exact) mass is 528 g/mol. The van der Waals surface area contributed by atoms with Crippen molar-refractivity contribution < 1.29 is 32.2 Å². The number of methoxy groups -OCH3 is 4. The molecule has 0 aromatic heterocycles. The molecule has 0 saturated heterocycles. The first-order valence-electron chi connectivity index (χ1n) is 11.6. The number of ether oxygens (including phenoxy) is 4. The summed E-state index contributed by atoms with van der Waals surface area (Å²) in [6, 6.07) is 17.7. The number of benzene rings is 3. The Kier molecular flexibility index (Phi) is 9.24. The van der Waals surface area contributed by atoms with E-state index in [9.17, 15) is 13.2 Å². The second-order valence-corrected chi connectivity index (χ2v) is 9.87. The molecule has 3 aromatic carbocycles. The Morgan fingerprint density at radius 2 is 1.38 bits per heavy atom. The van der Waals surface area contributed by atoms with Gasteiger partial charge in [-0.2, -0.15) is 0 Å². The Morgan fingerprint density at radius 1 is 0.811 bits per heavy atom. The van der Waals surface area contributed by atoms with Gasteiger partial charge in [0.15, 0.2) is 23.0 Å². The fourth-order valence-corrected chi connectivity index (χ4v) is 5.31. The van der Waals surface area contributed by atoms with Gasteiger partial charge in [-0.3, -0.25) is 9.10 Å². The highest BCUT2D eigenvalue weighted by atomic mass is 32.2. The molecule has 0 spiro atoms. The van der Waals surface area contributed by atoms with Crippen LogP contribution in [0.25, 0.3) is 0 Å². The summed E-state index contributed by atoms with van der Waals surface area (Å²) in [6.07, 6.45) is 0.572. The molecule has 0 bridgehead atoms. The largest absolute Gasteiger partial charge is 0.493 e. The average molecular weight is 529 g/mol. The SMILES string of the molecule is CCC(NC(=O)CN(c1ccc(OC)c(OC)c1)S(=O)(=O)c1ccccc1)c1ccc(OC)c(OC)c1. The van der Waals surface area contributed by atoms with Gasteiger partial charge in [-0.15, -0.1) is 0 Å². The molecule has 1 unspecified atom stereocenters. The number of nitrogens with zero attached hydrogens (tertiary/aromatic N) is 1. The molecule has 0 heterocycles. The van der Waals surface area contributed by atoms with Crippen LogP contribution in [0.2, 0.25) is 0 Å². The van der Waals surface area contributed by atoms with E-state index in [2.05, 4.69) is 5.32 Å². The third kappa shape index (κ3) is 6.26. The zero-order valence-corrected chi connectivity index (χ0v) is 22.4. The van der Waals surface area contributed by atoms with Crippen LogP contribution in [0.1, 0.15) is 24.9 Å². The van der Waals surface area contributed by atoms with Crippen LogP contribution in [0.15, 0.2) is 71.6 Å². The Bertz CT molecular complexity index is 1310. The Morgan fingerprint density at radius 3 is 1.95 bits per heavy atom. The summed E-state index contributed by atoms with van der Waals surface area (Å²) in [7, 11) is 1.95. The van der Waals surface area contributed by atoms with Crippen molar-refractivity contribution in [2.45, 2.75) is 24.3 Å². The number of carbonyl (C=O) groups excluding carboxylic acids is 1. The van der Waals surface area contributed by atoms with E-state index in [-0.39, 0.29) is 16.6 Å². The van der Waals surface area contributed by atoms with Crippen LogP contribution in [0.4, 0.5) is 5.69 Å². The van der Waals surface area contributed by atoms with Crippen LogP contribution < -0.4 is 28.6 Å². The topological polar surface area (TPSA) is 103 Å². The van der Waals surface area contributed by atoms with Crippen LogP contribution in [-0.2, 0) is 14.8 Å². The van der Waals surface area contributed by atoms with Gasteiger partial charge < -0.3 is 24.3 Å². The summed E-state index contributed by atoms with van der Waals surface area (Å²) >= 11 is 0. The minimum absolute atomic E-state index is 0.0597. The van der Waals surface area contributed by atoms with E-state index in [4.69, 9.17) is 18.9 Å². The van der Waals surface area contributed by atoms with Crippen LogP contribution in [-0.4, -0.2) is 49.3 Å². The average Bonchev–Trinajstić information content (AvgIpc) is 2.94. The van der Waals surface area contributed by atoms with E-state index >= 15 is 0 Å². The lowest BCUT2D eigenvalue weighted by atomic mass is 10.0. The molecule has 37 heavy (non-hydrogen) atoms. The molecule has 3 aromatic rings. The van der Waals surface area contributed by atoms with E-state index in [1.54, 1.807) is 49.6 Å². The van der Waals surface area contributed by atoms with E-state index in [1.165, 1.54) is 39.5 Å². The predicted molar refractivity (Wildman–Crippen MR) is 141 cm³/mol. The molecule has 0 aliphatic rings. The Labute approximate surface area is 218 Å². The Balaban J connectivity index is 1.95. The van der Waals surface area contributed by atoms with Crippen molar-refractivity contribution in [2.24, 2.45) is 0 Å². The third-order valence-electron chi connectivity index (χ3n) is 5.83. The number of anilines is 1. The first-order chi connectivity index (χ1) is 17.8. The van der Waals surface area contributed by atoms with Gasteiger partial charge in [-0.05, 0) is 48.4 Å². The molecule has 9 nitrogen and oxygen atoms in total. The van der Waals surface area contributed by atoms with Gasteiger partial charge in [0, 0.05) is 6.07 Å². The molecule has 0 radical (unpaired) electrons. The number of hydrogen-bond acceptors (Lipinski definition) is 7. The fraction of sp³-hybridized carbons (Fsp3) is 0.296. The molecule has 1 atom stereocenters. The highest BCUT2D eigenvalue weighted by Gasteiger charge is 2.29. The number of rotatable bonds is 12. The van der Waals surface area contributed by atoms with Crippen molar-refractivity contribution in [1.82, 2.24) is 5.32 Å². The molecular weight excluding hydrogens is 496 g/mol. The fourth-order valence-electron chi connectivity index (χ4n) is 3.88. The molecular formula is C27H32N2O7S. The third-order valence-corrected chi connectivity index (χ3v) is 7.62. The zero-order valence-electron chi connectivity index (χ0n) is 21.6. The van der Waals surface area contributed by atoms with Crippen LogP contribution >= 0.6 is 0 Å². The number of sulfonamides is 1. The molecule has 10 heteroatoms. The normalized spacial score (nSPS) is 11.8.